The van der Waals surface area contributed by atoms with Crippen LogP contribution in [0, 0.1) is 11.3 Å². The van der Waals surface area contributed by atoms with Gasteiger partial charge in [-0.15, -0.1) is 0 Å². The van der Waals surface area contributed by atoms with Crippen LogP contribution in [0.3, 0.4) is 0 Å². The molecule has 5 heteroatoms. The Balaban J connectivity index is 1.72. The summed E-state index contributed by atoms with van der Waals surface area (Å²) in [5.41, 5.74) is -0.332. The number of carbonyl (C=O) groups is 2. The van der Waals surface area contributed by atoms with E-state index in [9.17, 15) is 9.59 Å². The molecule has 1 N–H and O–H groups in total. The summed E-state index contributed by atoms with van der Waals surface area (Å²) in [4.78, 5) is 28.3. The molecule has 5 nitrogen and oxygen atoms in total. The van der Waals surface area contributed by atoms with Crippen molar-refractivity contribution in [1.29, 1.82) is 0 Å². The molecule has 0 spiro atoms. The lowest BCUT2D eigenvalue weighted by Crippen LogP contribution is -2.53. The Hall–Kier alpha value is -1.10. The molecule has 0 aliphatic carbocycles. The Morgan fingerprint density at radius 1 is 1.10 bits per heavy atom. The Morgan fingerprint density at radius 3 is 2.24 bits per heavy atom. The molecule has 2 aliphatic heterocycles. The van der Waals surface area contributed by atoms with Crippen molar-refractivity contribution in [2.45, 2.75) is 40.0 Å². The molecule has 0 bridgehead atoms. The Morgan fingerprint density at radius 2 is 1.71 bits per heavy atom. The average molecular weight is 295 g/mol. The van der Waals surface area contributed by atoms with Crippen molar-refractivity contribution < 1.29 is 9.59 Å². The predicted molar refractivity (Wildman–Crippen MR) is 82.8 cm³/mol. The highest BCUT2D eigenvalue weighted by molar-refractivity contribution is 5.82. The Kier molecular flexibility index (Phi) is 5.25. The Labute approximate surface area is 128 Å². The molecule has 0 aromatic rings. The predicted octanol–water partition coefficient (Wildman–Crippen LogP) is 1.09. The summed E-state index contributed by atoms with van der Waals surface area (Å²) in [5.74, 6) is 1.11. The first-order valence-electron chi connectivity index (χ1n) is 8.16. The van der Waals surface area contributed by atoms with Crippen LogP contribution in [0.2, 0.25) is 0 Å². The van der Waals surface area contributed by atoms with Gasteiger partial charge in [0.25, 0.3) is 0 Å². The van der Waals surface area contributed by atoms with Crippen molar-refractivity contribution in [2.24, 2.45) is 11.3 Å². The molecule has 2 saturated heterocycles. The van der Waals surface area contributed by atoms with Crippen LogP contribution < -0.4 is 5.32 Å². The van der Waals surface area contributed by atoms with E-state index in [1.807, 2.05) is 30.6 Å². The molecule has 21 heavy (non-hydrogen) atoms. The maximum absolute atomic E-state index is 12.2. The van der Waals surface area contributed by atoms with Gasteiger partial charge < -0.3 is 15.1 Å². The minimum absolute atomic E-state index is 0.187. The normalized spacial score (nSPS) is 23.5. The molecule has 1 unspecified atom stereocenters. The monoisotopic (exact) mass is 295 g/mol. The number of hydrogen-bond donors (Lipinski definition) is 1. The molecule has 2 aliphatic rings. The molecule has 2 fully saturated rings. The van der Waals surface area contributed by atoms with Crippen LogP contribution in [-0.4, -0.2) is 60.9 Å². The van der Waals surface area contributed by atoms with Gasteiger partial charge in [0.1, 0.15) is 0 Å². The van der Waals surface area contributed by atoms with Gasteiger partial charge in [-0.1, -0.05) is 20.8 Å². The van der Waals surface area contributed by atoms with Gasteiger partial charge in [-0.25, -0.2) is 0 Å². The zero-order valence-corrected chi connectivity index (χ0v) is 13.7. The van der Waals surface area contributed by atoms with Gasteiger partial charge in [-0.05, 0) is 31.8 Å². The summed E-state index contributed by atoms with van der Waals surface area (Å²) < 4.78 is 0. The van der Waals surface area contributed by atoms with E-state index in [2.05, 4.69) is 5.32 Å². The number of hydrogen-bond acceptors (Lipinski definition) is 3. The fraction of sp³-hybridized carbons (Fsp3) is 0.875. The molecule has 120 valence electrons. The largest absolute Gasteiger partial charge is 0.339 e. The van der Waals surface area contributed by atoms with Gasteiger partial charge in [0, 0.05) is 38.0 Å². The first-order valence-corrected chi connectivity index (χ1v) is 8.16. The summed E-state index contributed by atoms with van der Waals surface area (Å²) in [6.07, 6.45) is 2.84. The molecule has 0 aromatic heterocycles. The lowest BCUT2D eigenvalue weighted by molar-refractivity contribution is -0.145. The number of rotatable bonds is 3. The van der Waals surface area contributed by atoms with Crippen molar-refractivity contribution in [1.82, 2.24) is 15.1 Å². The number of piperazine rings is 1. The topological polar surface area (TPSA) is 52.7 Å². The van der Waals surface area contributed by atoms with E-state index in [4.69, 9.17) is 0 Å². The zero-order valence-electron chi connectivity index (χ0n) is 13.7. The number of nitrogens with zero attached hydrogens (tertiary/aromatic N) is 2. The smallest absolute Gasteiger partial charge is 0.228 e. The highest BCUT2D eigenvalue weighted by atomic mass is 16.2. The summed E-state index contributed by atoms with van der Waals surface area (Å²) in [6, 6.07) is 0. The van der Waals surface area contributed by atoms with Crippen molar-refractivity contribution in [3.8, 4) is 0 Å². The van der Waals surface area contributed by atoms with Crippen molar-refractivity contribution >= 4 is 11.8 Å². The highest BCUT2D eigenvalue weighted by Gasteiger charge is 2.30. The molecule has 1 atom stereocenters. The van der Waals surface area contributed by atoms with Crippen LogP contribution in [0.5, 0.6) is 0 Å². The highest BCUT2D eigenvalue weighted by Crippen LogP contribution is 2.19. The van der Waals surface area contributed by atoms with E-state index in [1.54, 1.807) is 0 Å². The van der Waals surface area contributed by atoms with E-state index in [-0.39, 0.29) is 17.2 Å². The Bertz CT molecular complexity index is 375. The fourth-order valence-corrected chi connectivity index (χ4v) is 3.08. The third-order valence-electron chi connectivity index (χ3n) is 4.49. The van der Waals surface area contributed by atoms with E-state index in [0.29, 0.717) is 38.5 Å². The molecular weight excluding hydrogens is 266 g/mol. The summed E-state index contributed by atoms with van der Waals surface area (Å²) in [6.45, 7) is 10.7. The average Bonchev–Trinajstić information content (AvgIpc) is 2.96. The van der Waals surface area contributed by atoms with Gasteiger partial charge >= 0.3 is 0 Å². The van der Waals surface area contributed by atoms with Gasteiger partial charge in [0.05, 0.1) is 0 Å². The SMILES string of the molecule is CC(C)(C)C(=O)N1CCN(C(=O)CCC2CCNC2)CC1. The summed E-state index contributed by atoms with van der Waals surface area (Å²) in [5, 5.41) is 3.34. The quantitative estimate of drug-likeness (QED) is 0.848. The number of amides is 2. The van der Waals surface area contributed by atoms with E-state index in [0.717, 1.165) is 19.5 Å². The molecule has 2 rings (SSSR count). The van der Waals surface area contributed by atoms with Crippen LogP contribution in [0.25, 0.3) is 0 Å². The lowest BCUT2D eigenvalue weighted by atomic mass is 9.94. The van der Waals surface area contributed by atoms with E-state index < -0.39 is 0 Å². The van der Waals surface area contributed by atoms with Gasteiger partial charge in [0.2, 0.25) is 11.8 Å². The van der Waals surface area contributed by atoms with Crippen molar-refractivity contribution in [3.05, 3.63) is 0 Å². The van der Waals surface area contributed by atoms with Crippen LogP contribution in [0.1, 0.15) is 40.0 Å². The maximum atomic E-state index is 12.2. The van der Waals surface area contributed by atoms with E-state index >= 15 is 0 Å². The minimum atomic E-state index is -0.332. The van der Waals surface area contributed by atoms with Gasteiger partial charge in [-0.2, -0.15) is 0 Å². The molecular formula is C16H29N3O2. The van der Waals surface area contributed by atoms with Gasteiger partial charge in [0.15, 0.2) is 0 Å². The van der Waals surface area contributed by atoms with Crippen LogP contribution >= 0.6 is 0 Å². The van der Waals surface area contributed by atoms with Crippen LogP contribution in [0.15, 0.2) is 0 Å². The minimum Gasteiger partial charge on any atom is -0.339 e. The first kappa shape index (κ1) is 16.3. The first-order chi connectivity index (χ1) is 9.88. The van der Waals surface area contributed by atoms with Crippen molar-refractivity contribution in [3.63, 3.8) is 0 Å². The molecule has 2 amide bonds. The molecule has 0 saturated carbocycles. The summed E-state index contributed by atoms with van der Waals surface area (Å²) in [7, 11) is 0. The van der Waals surface area contributed by atoms with Gasteiger partial charge in [-0.3, -0.25) is 9.59 Å². The lowest BCUT2D eigenvalue weighted by Gasteiger charge is -2.37. The molecule has 2 heterocycles. The molecule has 0 radical (unpaired) electrons. The van der Waals surface area contributed by atoms with Crippen molar-refractivity contribution in [2.75, 3.05) is 39.3 Å². The molecule has 0 aromatic carbocycles. The standard InChI is InChI=1S/C16H29N3O2/c1-16(2,3)15(21)19-10-8-18(9-11-19)14(20)5-4-13-6-7-17-12-13/h13,17H,4-12H2,1-3H3. The second-order valence-corrected chi connectivity index (χ2v) is 7.32. The van der Waals surface area contributed by atoms with Crippen LogP contribution in [-0.2, 0) is 9.59 Å². The second kappa shape index (κ2) is 6.77. The van der Waals surface area contributed by atoms with E-state index in [1.165, 1.54) is 6.42 Å². The maximum Gasteiger partial charge on any atom is 0.228 e. The zero-order chi connectivity index (χ0) is 15.5. The third-order valence-corrected chi connectivity index (χ3v) is 4.49. The third kappa shape index (κ3) is 4.43. The number of nitrogens with one attached hydrogen (secondary N) is 1. The number of carbonyl (C=O) groups excluding carboxylic acids is 2. The summed E-state index contributed by atoms with van der Waals surface area (Å²) >= 11 is 0. The second-order valence-electron chi connectivity index (χ2n) is 7.32. The van der Waals surface area contributed by atoms with Crippen LogP contribution in [0.4, 0.5) is 0 Å². The fourth-order valence-electron chi connectivity index (χ4n) is 3.08.